The monoisotopic (exact) mass is 261 g/mol. The molecule has 1 aromatic rings. The zero-order chi connectivity index (χ0) is 12.5. The summed E-state index contributed by atoms with van der Waals surface area (Å²) in [6.45, 7) is 3.04. The number of amides is 3. The first-order valence-electron chi connectivity index (χ1n) is 4.41. The van der Waals surface area contributed by atoms with Crippen molar-refractivity contribution in [2.75, 3.05) is 4.90 Å². The number of carbonyl (C=O) groups excluding carboxylic acids is 2. The second-order valence-electron chi connectivity index (χ2n) is 3.67. The fraction of sp³-hybridized carbons (Fsp3) is 0.333. The van der Waals surface area contributed by atoms with Gasteiger partial charge in [-0.2, -0.15) is 0 Å². The van der Waals surface area contributed by atoms with E-state index in [4.69, 9.17) is 23.1 Å². The number of hydrogen-bond donors (Lipinski definition) is 2. The first-order valence-corrected chi connectivity index (χ1v) is 5.61. The van der Waals surface area contributed by atoms with Gasteiger partial charge in [0.1, 0.15) is 10.5 Å². The molecular formula is C9H12ClN3O2S. The van der Waals surface area contributed by atoms with E-state index in [9.17, 15) is 9.59 Å². The average molecular weight is 262 g/mol. The topological polar surface area (TPSA) is 89.4 Å². The van der Waals surface area contributed by atoms with Crippen molar-refractivity contribution in [2.45, 2.75) is 19.4 Å². The number of carbonyl (C=O) groups is 2. The Kier molecular flexibility index (Phi) is 3.44. The average Bonchev–Trinajstić information content (AvgIpc) is 2.50. The normalized spacial score (nSPS) is 11.2. The first kappa shape index (κ1) is 12.8. The zero-order valence-electron chi connectivity index (χ0n) is 8.86. The molecule has 0 atom stereocenters. The predicted molar refractivity (Wildman–Crippen MR) is 64.7 cm³/mol. The maximum atomic E-state index is 11.4. The summed E-state index contributed by atoms with van der Waals surface area (Å²) < 4.78 is 0.501. The summed E-state index contributed by atoms with van der Waals surface area (Å²) in [7, 11) is 0. The summed E-state index contributed by atoms with van der Waals surface area (Å²) in [4.78, 5) is 23.8. The smallest absolute Gasteiger partial charge is 0.320 e. The first-order chi connectivity index (χ1) is 7.26. The number of hydrogen-bond acceptors (Lipinski definition) is 3. The minimum Gasteiger partial charge on any atom is -0.368 e. The number of rotatable bonds is 3. The van der Waals surface area contributed by atoms with Crippen LogP contribution in [0.1, 0.15) is 13.8 Å². The quantitative estimate of drug-likeness (QED) is 0.864. The van der Waals surface area contributed by atoms with Crippen molar-refractivity contribution in [1.82, 2.24) is 0 Å². The molecule has 0 unspecified atom stereocenters. The molecule has 1 rings (SSSR count). The Hall–Kier alpha value is -1.27. The highest BCUT2D eigenvalue weighted by Gasteiger charge is 2.37. The van der Waals surface area contributed by atoms with Gasteiger partial charge in [-0.1, -0.05) is 11.6 Å². The molecule has 0 aliphatic heterocycles. The van der Waals surface area contributed by atoms with Crippen molar-refractivity contribution in [1.29, 1.82) is 0 Å². The van der Waals surface area contributed by atoms with Crippen LogP contribution in [0.25, 0.3) is 0 Å². The molecule has 0 saturated heterocycles. The number of anilines is 1. The van der Waals surface area contributed by atoms with E-state index in [1.54, 1.807) is 12.1 Å². The van der Waals surface area contributed by atoms with E-state index in [2.05, 4.69) is 0 Å². The van der Waals surface area contributed by atoms with Crippen molar-refractivity contribution in [3.8, 4) is 0 Å². The lowest BCUT2D eigenvalue weighted by atomic mass is 10.0. The molecular weight excluding hydrogens is 250 g/mol. The van der Waals surface area contributed by atoms with E-state index in [1.807, 2.05) is 0 Å². The van der Waals surface area contributed by atoms with Crippen molar-refractivity contribution in [3.05, 3.63) is 16.5 Å². The van der Waals surface area contributed by atoms with Crippen LogP contribution in [-0.2, 0) is 4.79 Å². The third-order valence-electron chi connectivity index (χ3n) is 2.16. The number of thiophene rings is 1. The molecule has 0 spiro atoms. The Labute approximate surface area is 102 Å². The van der Waals surface area contributed by atoms with Crippen LogP contribution < -0.4 is 16.4 Å². The lowest BCUT2D eigenvalue weighted by Crippen LogP contribution is -2.57. The number of nitrogens with two attached hydrogens (primary N) is 2. The second kappa shape index (κ2) is 4.31. The van der Waals surface area contributed by atoms with Crippen molar-refractivity contribution in [3.63, 3.8) is 0 Å². The predicted octanol–water partition coefficient (Wildman–Crippen LogP) is 1.55. The summed E-state index contributed by atoms with van der Waals surface area (Å²) in [5, 5.41) is 0.487. The Bertz CT molecular complexity index is 430. The van der Waals surface area contributed by atoms with Gasteiger partial charge in [-0.3, -0.25) is 9.69 Å². The molecule has 7 heteroatoms. The fourth-order valence-electron chi connectivity index (χ4n) is 1.19. The molecule has 0 bridgehead atoms. The van der Waals surface area contributed by atoms with Gasteiger partial charge in [0.25, 0.3) is 0 Å². The Balaban J connectivity index is 3.20. The fourth-order valence-corrected chi connectivity index (χ4v) is 2.38. The van der Waals surface area contributed by atoms with E-state index in [-0.39, 0.29) is 0 Å². The van der Waals surface area contributed by atoms with Gasteiger partial charge in [0, 0.05) is 0 Å². The highest BCUT2D eigenvalue weighted by atomic mass is 35.5. The van der Waals surface area contributed by atoms with Gasteiger partial charge in [-0.05, 0) is 26.0 Å². The third-order valence-corrected chi connectivity index (χ3v) is 3.38. The minimum absolute atomic E-state index is 0.487. The molecule has 0 radical (unpaired) electrons. The molecule has 4 N–H and O–H groups in total. The van der Waals surface area contributed by atoms with Crippen LogP contribution in [0, 0.1) is 0 Å². The SMILES string of the molecule is CC(C)(C(N)=O)N(C(N)=O)c1ccc(Cl)s1. The van der Waals surface area contributed by atoms with Gasteiger partial charge in [0.2, 0.25) is 5.91 Å². The van der Waals surface area contributed by atoms with Crippen molar-refractivity contribution in [2.24, 2.45) is 11.5 Å². The largest absolute Gasteiger partial charge is 0.368 e. The van der Waals surface area contributed by atoms with Crippen LogP contribution in [0.3, 0.4) is 0 Å². The van der Waals surface area contributed by atoms with Gasteiger partial charge >= 0.3 is 6.03 Å². The van der Waals surface area contributed by atoms with Crippen LogP contribution in [0.5, 0.6) is 0 Å². The van der Waals surface area contributed by atoms with E-state index in [0.717, 1.165) is 16.2 Å². The summed E-state index contributed by atoms with van der Waals surface area (Å²) in [5.74, 6) is -0.643. The number of urea groups is 1. The molecule has 0 saturated carbocycles. The molecule has 88 valence electrons. The Morgan fingerprint density at radius 2 is 1.94 bits per heavy atom. The van der Waals surface area contributed by atoms with Crippen LogP contribution in [0.2, 0.25) is 4.34 Å². The lowest BCUT2D eigenvalue weighted by molar-refractivity contribution is -0.121. The molecule has 0 fully saturated rings. The summed E-state index contributed by atoms with van der Waals surface area (Å²) in [6, 6.07) is 2.49. The van der Waals surface area contributed by atoms with Gasteiger partial charge < -0.3 is 11.5 Å². The molecule has 1 aromatic heterocycles. The van der Waals surface area contributed by atoms with Crippen LogP contribution >= 0.6 is 22.9 Å². The number of halogens is 1. The van der Waals surface area contributed by atoms with E-state index >= 15 is 0 Å². The molecule has 3 amide bonds. The molecule has 1 heterocycles. The molecule has 16 heavy (non-hydrogen) atoms. The highest BCUT2D eigenvalue weighted by Crippen LogP contribution is 2.33. The molecule has 0 aromatic carbocycles. The maximum Gasteiger partial charge on any atom is 0.320 e. The molecule has 5 nitrogen and oxygen atoms in total. The van der Waals surface area contributed by atoms with E-state index < -0.39 is 17.5 Å². The van der Waals surface area contributed by atoms with Crippen LogP contribution in [-0.4, -0.2) is 17.5 Å². The zero-order valence-corrected chi connectivity index (χ0v) is 10.4. The lowest BCUT2D eigenvalue weighted by Gasteiger charge is -2.33. The molecule has 0 aliphatic carbocycles. The Morgan fingerprint density at radius 3 is 2.25 bits per heavy atom. The molecule has 0 aliphatic rings. The summed E-state index contributed by atoms with van der Waals surface area (Å²) in [6.07, 6.45) is 0. The van der Waals surface area contributed by atoms with Crippen molar-refractivity contribution < 1.29 is 9.59 Å². The second-order valence-corrected chi connectivity index (χ2v) is 5.37. The van der Waals surface area contributed by atoms with Gasteiger partial charge in [-0.15, -0.1) is 11.3 Å². The highest BCUT2D eigenvalue weighted by molar-refractivity contribution is 7.20. The Morgan fingerprint density at radius 1 is 1.38 bits per heavy atom. The van der Waals surface area contributed by atoms with Gasteiger partial charge in [0.05, 0.1) is 4.34 Å². The van der Waals surface area contributed by atoms with Crippen LogP contribution in [0.15, 0.2) is 12.1 Å². The van der Waals surface area contributed by atoms with Gasteiger partial charge in [0.15, 0.2) is 0 Å². The minimum atomic E-state index is -1.19. The summed E-state index contributed by atoms with van der Waals surface area (Å²) >= 11 is 6.91. The third kappa shape index (κ3) is 2.28. The van der Waals surface area contributed by atoms with E-state index in [1.165, 1.54) is 13.8 Å². The number of nitrogens with zero attached hydrogens (tertiary/aromatic N) is 1. The number of primary amides is 2. The van der Waals surface area contributed by atoms with E-state index in [0.29, 0.717) is 9.34 Å². The van der Waals surface area contributed by atoms with Crippen LogP contribution in [0.4, 0.5) is 9.80 Å². The maximum absolute atomic E-state index is 11.4. The standard InChI is InChI=1S/C9H12ClN3O2S/c1-9(2,7(11)14)13(8(12)15)6-4-3-5(10)16-6/h3-4H,1-2H3,(H2,11,14)(H2,12,15). The summed E-state index contributed by atoms with van der Waals surface area (Å²) in [5.41, 5.74) is 9.29. The van der Waals surface area contributed by atoms with Gasteiger partial charge in [-0.25, -0.2) is 4.79 Å². The van der Waals surface area contributed by atoms with Crippen molar-refractivity contribution >= 4 is 39.9 Å².